The van der Waals surface area contributed by atoms with Crippen molar-refractivity contribution in [2.45, 2.75) is 26.7 Å². The summed E-state index contributed by atoms with van der Waals surface area (Å²) in [5.41, 5.74) is 8.31. The van der Waals surface area contributed by atoms with Gasteiger partial charge in [0.2, 0.25) is 0 Å². The van der Waals surface area contributed by atoms with Crippen LogP contribution in [0, 0.1) is 0 Å². The highest BCUT2D eigenvalue weighted by Gasteiger charge is 2.38. The zero-order valence-electron chi connectivity index (χ0n) is 14.7. The molecule has 1 unspecified atom stereocenters. The molecule has 2 heterocycles. The lowest BCUT2D eigenvalue weighted by Crippen LogP contribution is -2.35. The Morgan fingerprint density at radius 3 is 2.36 bits per heavy atom. The van der Waals surface area contributed by atoms with E-state index in [4.69, 9.17) is 15.2 Å². The van der Waals surface area contributed by atoms with Crippen molar-refractivity contribution in [3.8, 4) is 0 Å². The number of ether oxygens (including phenoxy) is 2. The van der Waals surface area contributed by atoms with Crippen LogP contribution in [0.3, 0.4) is 0 Å². The lowest BCUT2D eigenvalue weighted by atomic mass is 9.81. The van der Waals surface area contributed by atoms with Gasteiger partial charge in [0.25, 0.3) is 0 Å². The fourth-order valence-corrected chi connectivity index (χ4v) is 2.87. The average Bonchev–Trinajstić information content (AvgIpc) is 2.61. The summed E-state index contributed by atoms with van der Waals surface area (Å²) in [5.74, 6) is -1.65. The lowest BCUT2D eigenvalue weighted by molar-refractivity contribution is -0.139. The van der Waals surface area contributed by atoms with E-state index in [-0.39, 0.29) is 19.8 Å². The van der Waals surface area contributed by atoms with E-state index >= 15 is 0 Å². The Balaban J connectivity index is 2.64. The SMILES string of the molecule is CCOC(=O)C1=C(C)NC(CN)=C(C(=O)OCC)C1c1cccnc1. The number of dihydropyridines is 1. The van der Waals surface area contributed by atoms with Crippen LogP contribution < -0.4 is 11.1 Å². The van der Waals surface area contributed by atoms with Gasteiger partial charge in [-0.05, 0) is 32.4 Å². The van der Waals surface area contributed by atoms with Crippen molar-refractivity contribution in [2.75, 3.05) is 19.8 Å². The molecular weight excluding hydrogens is 322 g/mol. The molecule has 0 saturated carbocycles. The molecule has 7 heteroatoms. The number of carbonyl (C=O) groups excluding carboxylic acids is 2. The summed E-state index contributed by atoms with van der Waals surface area (Å²) in [6, 6.07) is 3.56. The number of pyridine rings is 1. The molecule has 7 nitrogen and oxygen atoms in total. The first kappa shape index (κ1) is 18.7. The number of nitrogens with zero attached hydrogens (tertiary/aromatic N) is 1. The van der Waals surface area contributed by atoms with Crippen LogP contribution >= 0.6 is 0 Å². The largest absolute Gasteiger partial charge is 0.463 e. The first-order valence-electron chi connectivity index (χ1n) is 8.20. The van der Waals surface area contributed by atoms with Gasteiger partial charge in [0, 0.05) is 30.3 Å². The Labute approximate surface area is 146 Å². The number of rotatable bonds is 6. The summed E-state index contributed by atoms with van der Waals surface area (Å²) in [6.07, 6.45) is 3.25. The van der Waals surface area contributed by atoms with Gasteiger partial charge >= 0.3 is 11.9 Å². The minimum absolute atomic E-state index is 0.109. The molecule has 0 aromatic carbocycles. The lowest BCUT2D eigenvalue weighted by Gasteiger charge is -2.31. The van der Waals surface area contributed by atoms with E-state index in [9.17, 15) is 9.59 Å². The number of hydrogen-bond acceptors (Lipinski definition) is 7. The summed E-state index contributed by atoms with van der Waals surface area (Å²) in [4.78, 5) is 29.3. The molecule has 1 aromatic heterocycles. The predicted octanol–water partition coefficient (Wildman–Crippen LogP) is 1.38. The minimum Gasteiger partial charge on any atom is -0.463 e. The van der Waals surface area contributed by atoms with Gasteiger partial charge in [0.15, 0.2) is 0 Å². The monoisotopic (exact) mass is 345 g/mol. The molecule has 1 aromatic rings. The van der Waals surface area contributed by atoms with Crippen LogP contribution in [0.4, 0.5) is 0 Å². The summed E-state index contributed by atoms with van der Waals surface area (Å²) in [5, 5.41) is 3.06. The fraction of sp³-hybridized carbons (Fsp3) is 0.389. The van der Waals surface area contributed by atoms with E-state index in [0.29, 0.717) is 28.1 Å². The number of nitrogens with one attached hydrogen (secondary N) is 1. The number of allylic oxidation sites excluding steroid dienone is 1. The maximum atomic E-state index is 12.6. The topological polar surface area (TPSA) is 104 Å². The van der Waals surface area contributed by atoms with Gasteiger partial charge in [-0.2, -0.15) is 0 Å². The van der Waals surface area contributed by atoms with Gasteiger partial charge in [-0.1, -0.05) is 6.07 Å². The third-order valence-electron chi connectivity index (χ3n) is 3.86. The second-order valence-electron chi connectivity index (χ2n) is 5.42. The Hall–Kier alpha value is -2.67. The molecule has 0 spiro atoms. The van der Waals surface area contributed by atoms with Gasteiger partial charge in [0.05, 0.1) is 30.3 Å². The summed E-state index contributed by atoms with van der Waals surface area (Å²) < 4.78 is 10.4. The second kappa shape index (κ2) is 8.43. The Kier molecular flexibility index (Phi) is 6.30. The summed E-state index contributed by atoms with van der Waals surface area (Å²) >= 11 is 0. The smallest absolute Gasteiger partial charge is 0.336 e. The van der Waals surface area contributed by atoms with Crippen LogP contribution in [-0.2, 0) is 19.1 Å². The highest BCUT2D eigenvalue weighted by atomic mass is 16.5. The van der Waals surface area contributed by atoms with E-state index in [2.05, 4.69) is 10.3 Å². The van der Waals surface area contributed by atoms with Crippen LogP contribution in [0.15, 0.2) is 47.1 Å². The van der Waals surface area contributed by atoms with E-state index in [0.717, 1.165) is 0 Å². The molecule has 2 rings (SSSR count). The highest BCUT2D eigenvalue weighted by molar-refractivity contribution is 6.00. The van der Waals surface area contributed by atoms with E-state index in [1.54, 1.807) is 39.2 Å². The molecule has 0 fully saturated rings. The molecular formula is C18H23N3O4. The minimum atomic E-state index is -0.647. The number of carbonyl (C=O) groups is 2. The molecule has 134 valence electrons. The zero-order chi connectivity index (χ0) is 18.4. The summed E-state index contributed by atoms with van der Waals surface area (Å²) in [7, 11) is 0. The first-order chi connectivity index (χ1) is 12.0. The molecule has 25 heavy (non-hydrogen) atoms. The third-order valence-corrected chi connectivity index (χ3v) is 3.86. The van der Waals surface area contributed by atoms with Gasteiger partial charge < -0.3 is 20.5 Å². The van der Waals surface area contributed by atoms with E-state index in [1.165, 1.54) is 0 Å². The second-order valence-corrected chi connectivity index (χ2v) is 5.42. The van der Waals surface area contributed by atoms with Crippen molar-refractivity contribution in [3.05, 3.63) is 52.6 Å². The van der Waals surface area contributed by atoms with E-state index in [1.807, 2.05) is 6.07 Å². The predicted molar refractivity (Wildman–Crippen MR) is 92.2 cm³/mol. The van der Waals surface area contributed by atoms with Crippen LogP contribution in [0.1, 0.15) is 32.3 Å². The normalized spacial score (nSPS) is 17.2. The van der Waals surface area contributed by atoms with Crippen molar-refractivity contribution < 1.29 is 19.1 Å². The molecule has 0 bridgehead atoms. The first-order valence-corrected chi connectivity index (χ1v) is 8.20. The fourth-order valence-electron chi connectivity index (χ4n) is 2.87. The molecule has 0 amide bonds. The summed E-state index contributed by atoms with van der Waals surface area (Å²) in [6.45, 7) is 5.78. The zero-order valence-corrected chi connectivity index (χ0v) is 14.7. The molecule has 3 N–H and O–H groups in total. The Bertz CT molecular complexity index is 710. The molecule has 0 aliphatic carbocycles. The average molecular weight is 345 g/mol. The molecule has 1 aliphatic rings. The van der Waals surface area contributed by atoms with Crippen molar-refractivity contribution >= 4 is 11.9 Å². The van der Waals surface area contributed by atoms with Crippen molar-refractivity contribution in [1.29, 1.82) is 0 Å². The van der Waals surface area contributed by atoms with Crippen LogP contribution in [0.2, 0.25) is 0 Å². The number of hydrogen-bond donors (Lipinski definition) is 2. The Morgan fingerprint density at radius 1 is 1.20 bits per heavy atom. The molecule has 1 aliphatic heterocycles. The number of esters is 2. The number of aromatic nitrogens is 1. The molecule has 1 atom stereocenters. The maximum Gasteiger partial charge on any atom is 0.336 e. The third kappa shape index (κ3) is 3.88. The van der Waals surface area contributed by atoms with E-state index < -0.39 is 17.9 Å². The standard InChI is InChI=1S/C18H23N3O4/c1-4-24-17(22)14-11(3)21-13(9-19)16(18(23)25-5-2)15(14)12-7-6-8-20-10-12/h6-8,10,15,21H,4-5,9,19H2,1-3H3. The van der Waals surface area contributed by atoms with Gasteiger partial charge in [-0.25, -0.2) is 9.59 Å². The van der Waals surface area contributed by atoms with Gasteiger partial charge in [0.1, 0.15) is 0 Å². The van der Waals surface area contributed by atoms with Crippen molar-refractivity contribution in [3.63, 3.8) is 0 Å². The van der Waals surface area contributed by atoms with Crippen molar-refractivity contribution in [1.82, 2.24) is 10.3 Å². The van der Waals surface area contributed by atoms with Crippen LogP contribution in [-0.4, -0.2) is 36.7 Å². The highest BCUT2D eigenvalue weighted by Crippen LogP contribution is 2.38. The maximum absolute atomic E-state index is 12.6. The molecule has 0 saturated heterocycles. The van der Waals surface area contributed by atoms with Gasteiger partial charge in [-0.15, -0.1) is 0 Å². The Morgan fingerprint density at radius 2 is 1.84 bits per heavy atom. The van der Waals surface area contributed by atoms with Crippen molar-refractivity contribution in [2.24, 2.45) is 5.73 Å². The quantitative estimate of drug-likeness (QED) is 0.751. The molecule has 0 radical (unpaired) electrons. The van der Waals surface area contributed by atoms with Crippen LogP contribution in [0.25, 0.3) is 0 Å². The van der Waals surface area contributed by atoms with Crippen LogP contribution in [0.5, 0.6) is 0 Å². The number of nitrogens with two attached hydrogens (primary N) is 1. The van der Waals surface area contributed by atoms with Gasteiger partial charge in [-0.3, -0.25) is 4.98 Å².